The molecule has 0 aliphatic rings. The molecule has 1 amide bonds. The van der Waals surface area contributed by atoms with Crippen LogP contribution in [0.4, 0.5) is 5.82 Å². The predicted molar refractivity (Wildman–Crippen MR) is 89.6 cm³/mol. The summed E-state index contributed by atoms with van der Waals surface area (Å²) < 4.78 is 1.91. The second kappa shape index (κ2) is 7.71. The maximum atomic E-state index is 11.6. The number of carbonyl (C=O) groups is 1. The average Bonchev–Trinajstić information content (AvgIpc) is 2.88. The number of nitrogens with one attached hydrogen (secondary N) is 2. The third-order valence-corrected chi connectivity index (χ3v) is 3.24. The van der Waals surface area contributed by atoms with Gasteiger partial charge in [0, 0.05) is 38.0 Å². The van der Waals surface area contributed by atoms with E-state index in [-0.39, 0.29) is 5.91 Å². The number of rotatable bonds is 7. The zero-order valence-electron chi connectivity index (χ0n) is 14.1. The Kier molecular flexibility index (Phi) is 5.67. The molecule has 0 atom stereocenters. The molecule has 0 aromatic carbocycles. The molecule has 2 heterocycles. The van der Waals surface area contributed by atoms with Gasteiger partial charge in [-0.1, -0.05) is 13.8 Å². The van der Waals surface area contributed by atoms with Crippen LogP contribution in [0, 0.1) is 19.8 Å². The van der Waals surface area contributed by atoms with Gasteiger partial charge in [-0.05, 0) is 19.8 Å². The standard InChI is InChI=1S/C16H24N6O/c1-11(2)9-16(23)19-6-5-18-14-10-15(21-12(3)20-14)22-8-7-17-13(22)4/h7-8,10-11H,5-6,9H2,1-4H3,(H,19,23)(H,18,20,21). The van der Waals surface area contributed by atoms with Crippen molar-refractivity contribution in [2.24, 2.45) is 5.92 Å². The summed E-state index contributed by atoms with van der Waals surface area (Å²) in [6.45, 7) is 9.01. The molecule has 0 unspecified atom stereocenters. The summed E-state index contributed by atoms with van der Waals surface area (Å²) in [4.78, 5) is 24.6. The molecule has 0 aliphatic heterocycles. The van der Waals surface area contributed by atoms with Gasteiger partial charge in [0.05, 0.1) is 0 Å². The van der Waals surface area contributed by atoms with Gasteiger partial charge in [0.15, 0.2) is 0 Å². The fourth-order valence-electron chi connectivity index (χ4n) is 2.22. The number of hydrogen-bond acceptors (Lipinski definition) is 5. The van der Waals surface area contributed by atoms with Gasteiger partial charge in [-0.2, -0.15) is 0 Å². The number of anilines is 1. The summed E-state index contributed by atoms with van der Waals surface area (Å²) in [6, 6.07) is 1.87. The summed E-state index contributed by atoms with van der Waals surface area (Å²) in [5.74, 6) is 3.51. The van der Waals surface area contributed by atoms with Crippen LogP contribution in [-0.2, 0) is 4.79 Å². The molecule has 0 spiro atoms. The molecule has 2 rings (SSSR count). The molecule has 2 aromatic rings. The fourth-order valence-corrected chi connectivity index (χ4v) is 2.22. The number of amides is 1. The Bertz CT molecular complexity index is 664. The van der Waals surface area contributed by atoms with E-state index < -0.39 is 0 Å². The van der Waals surface area contributed by atoms with Gasteiger partial charge in [0.2, 0.25) is 5.91 Å². The molecule has 124 valence electrons. The topological polar surface area (TPSA) is 84.7 Å². The number of aryl methyl sites for hydroxylation is 2. The molecule has 0 bridgehead atoms. The fraction of sp³-hybridized carbons (Fsp3) is 0.500. The number of nitrogens with zero attached hydrogens (tertiary/aromatic N) is 4. The summed E-state index contributed by atoms with van der Waals surface area (Å²) in [5.41, 5.74) is 0. The Morgan fingerprint density at radius 2 is 2.04 bits per heavy atom. The van der Waals surface area contributed by atoms with Gasteiger partial charge in [-0.25, -0.2) is 15.0 Å². The van der Waals surface area contributed by atoms with E-state index in [1.54, 1.807) is 6.20 Å². The second-order valence-corrected chi connectivity index (χ2v) is 5.88. The van der Waals surface area contributed by atoms with Crippen molar-refractivity contribution < 1.29 is 4.79 Å². The van der Waals surface area contributed by atoms with Crippen LogP contribution in [0.2, 0.25) is 0 Å². The van der Waals surface area contributed by atoms with E-state index >= 15 is 0 Å². The Labute approximate surface area is 136 Å². The normalized spacial score (nSPS) is 10.8. The Hall–Kier alpha value is -2.44. The minimum Gasteiger partial charge on any atom is -0.368 e. The minimum absolute atomic E-state index is 0.0791. The zero-order valence-corrected chi connectivity index (χ0v) is 14.1. The lowest BCUT2D eigenvalue weighted by Crippen LogP contribution is -2.29. The van der Waals surface area contributed by atoms with E-state index in [1.165, 1.54) is 0 Å². The van der Waals surface area contributed by atoms with Crippen LogP contribution >= 0.6 is 0 Å². The van der Waals surface area contributed by atoms with Crippen molar-refractivity contribution in [1.82, 2.24) is 24.8 Å². The Morgan fingerprint density at radius 1 is 1.26 bits per heavy atom. The van der Waals surface area contributed by atoms with Crippen molar-refractivity contribution in [2.45, 2.75) is 34.1 Å². The molecule has 0 saturated carbocycles. The van der Waals surface area contributed by atoms with Gasteiger partial charge in [0.25, 0.3) is 0 Å². The van der Waals surface area contributed by atoms with Crippen LogP contribution in [0.5, 0.6) is 0 Å². The third-order valence-electron chi connectivity index (χ3n) is 3.24. The van der Waals surface area contributed by atoms with Gasteiger partial charge in [-0.15, -0.1) is 0 Å². The lowest BCUT2D eigenvalue weighted by Gasteiger charge is -2.11. The molecule has 7 heteroatoms. The van der Waals surface area contributed by atoms with Crippen molar-refractivity contribution in [3.8, 4) is 5.82 Å². The lowest BCUT2D eigenvalue weighted by atomic mass is 10.1. The Morgan fingerprint density at radius 3 is 2.70 bits per heavy atom. The summed E-state index contributed by atoms with van der Waals surface area (Å²) in [6.07, 6.45) is 4.16. The van der Waals surface area contributed by atoms with Gasteiger partial charge < -0.3 is 10.6 Å². The smallest absolute Gasteiger partial charge is 0.220 e. The van der Waals surface area contributed by atoms with Crippen LogP contribution in [0.3, 0.4) is 0 Å². The van der Waals surface area contributed by atoms with Crippen LogP contribution in [-0.4, -0.2) is 38.5 Å². The molecular formula is C16H24N6O. The summed E-state index contributed by atoms with van der Waals surface area (Å²) in [7, 11) is 0. The molecular weight excluding hydrogens is 292 g/mol. The van der Waals surface area contributed by atoms with Crippen LogP contribution in [0.25, 0.3) is 5.82 Å². The van der Waals surface area contributed by atoms with Crippen molar-refractivity contribution in [1.29, 1.82) is 0 Å². The minimum atomic E-state index is 0.0791. The molecule has 2 aromatic heterocycles. The highest BCUT2D eigenvalue weighted by Gasteiger charge is 2.07. The average molecular weight is 316 g/mol. The highest BCUT2D eigenvalue weighted by molar-refractivity contribution is 5.76. The maximum Gasteiger partial charge on any atom is 0.220 e. The largest absolute Gasteiger partial charge is 0.368 e. The molecule has 0 aliphatic carbocycles. The molecule has 0 saturated heterocycles. The van der Waals surface area contributed by atoms with Crippen molar-refractivity contribution in [3.05, 3.63) is 30.1 Å². The van der Waals surface area contributed by atoms with Gasteiger partial charge in [-0.3, -0.25) is 9.36 Å². The monoisotopic (exact) mass is 316 g/mol. The second-order valence-electron chi connectivity index (χ2n) is 5.88. The summed E-state index contributed by atoms with van der Waals surface area (Å²) in [5, 5.41) is 6.11. The maximum absolute atomic E-state index is 11.6. The molecule has 0 radical (unpaired) electrons. The van der Waals surface area contributed by atoms with Crippen molar-refractivity contribution in [2.75, 3.05) is 18.4 Å². The first-order valence-electron chi connectivity index (χ1n) is 7.82. The van der Waals surface area contributed by atoms with Crippen molar-refractivity contribution >= 4 is 11.7 Å². The Balaban J connectivity index is 1.92. The number of hydrogen-bond donors (Lipinski definition) is 2. The highest BCUT2D eigenvalue weighted by Crippen LogP contribution is 2.12. The highest BCUT2D eigenvalue weighted by atomic mass is 16.1. The molecule has 23 heavy (non-hydrogen) atoms. The number of carbonyl (C=O) groups excluding carboxylic acids is 1. The quantitative estimate of drug-likeness (QED) is 0.762. The lowest BCUT2D eigenvalue weighted by molar-refractivity contribution is -0.121. The van der Waals surface area contributed by atoms with E-state index in [0.29, 0.717) is 31.3 Å². The van der Waals surface area contributed by atoms with E-state index in [9.17, 15) is 4.79 Å². The van der Waals surface area contributed by atoms with Crippen LogP contribution in [0.15, 0.2) is 18.5 Å². The first-order chi connectivity index (χ1) is 11.0. The van der Waals surface area contributed by atoms with Crippen LogP contribution < -0.4 is 10.6 Å². The van der Waals surface area contributed by atoms with E-state index in [0.717, 1.165) is 17.5 Å². The first-order valence-corrected chi connectivity index (χ1v) is 7.82. The zero-order chi connectivity index (χ0) is 16.8. The first kappa shape index (κ1) is 16.9. The summed E-state index contributed by atoms with van der Waals surface area (Å²) >= 11 is 0. The molecule has 7 nitrogen and oxygen atoms in total. The molecule has 0 fully saturated rings. The van der Waals surface area contributed by atoms with Crippen molar-refractivity contribution in [3.63, 3.8) is 0 Å². The predicted octanol–water partition coefficient (Wildman–Crippen LogP) is 1.85. The van der Waals surface area contributed by atoms with E-state index in [4.69, 9.17) is 0 Å². The molecule has 2 N–H and O–H groups in total. The van der Waals surface area contributed by atoms with E-state index in [2.05, 4.69) is 25.6 Å². The van der Waals surface area contributed by atoms with Crippen LogP contribution in [0.1, 0.15) is 31.9 Å². The van der Waals surface area contributed by atoms with Gasteiger partial charge >= 0.3 is 0 Å². The number of aromatic nitrogens is 4. The third kappa shape index (κ3) is 5.05. The van der Waals surface area contributed by atoms with E-state index in [1.807, 2.05) is 44.5 Å². The SMILES string of the molecule is Cc1nc(NCCNC(=O)CC(C)C)cc(-n2ccnc2C)n1. The number of imidazole rings is 1. The van der Waals surface area contributed by atoms with Gasteiger partial charge in [0.1, 0.15) is 23.3 Å².